The second kappa shape index (κ2) is 7.44. The van der Waals surface area contributed by atoms with Gasteiger partial charge in [0.05, 0.1) is 20.3 Å². The quantitative estimate of drug-likeness (QED) is 0.359. The third-order valence-corrected chi connectivity index (χ3v) is 2.61. The number of carbonyl (C=O) groups is 3. The van der Waals surface area contributed by atoms with Crippen LogP contribution in [0, 0.1) is 23.3 Å². The summed E-state index contributed by atoms with van der Waals surface area (Å²) in [6, 6.07) is 0. The number of ether oxygens (including phenoxy) is 2. The van der Waals surface area contributed by atoms with Gasteiger partial charge in [0.25, 0.3) is 0 Å². The number of carboxylic acid groups (broad SMARTS) is 1. The number of carboxylic acids is 1. The van der Waals surface area contributed by atoms with Crippen LogP contribution in [0.5, 0.6) is 0 Å². The first-order chi connectivity index (χ1) is 11.1. The van der Waals surface area contributed by atoms with E-state index in [1.54, 1.807) is 5.32 Å². The fraction of sp³-hybridized carbons (Fsp3) is 0.154. The number of halogens is 4. The highest BCUT2D eigenvalue weighted by Crippen LogP contribution is 2.29. The van der Waals surface area contributed by atoms with Crippen LogP contribution in [0.1, 0.15) is 10.4 Å². The Bertz CT molecular complexity index is 717. The molecule has 24 heavy (non-hydrogen) atoms. The van der Waals surface area contributed by atoms with E-state index in [-0.39, 0.29) is 0 Å². The summed E-state index contributed by atoms with van der Waals surface area (Å²) in [5, 5.41) is 10.2. The summed E-state index contributed by atoms with van der Waals surface area (Å²) in [5.41, 5.74) is -4.30. The number of anilines is 1. The molecule has 2 N–H and O–H groups in total. The van der Waals surface area contributed by atoms with Gasteiger partial charge in [0, 0.05) is 0 Å². The van der Waals surface area contributed by atoms with E-state index in [0.29, 0.717) is 6.08 Å². The van der Waals surface area contributed by atoms with Crippen molar-refractivity contribution >= 4 is 23.6 Å². The van der Waals surface area contributed by atoms with Crippen molar-refractivity contribution in [2.75, 3.05) is 19.5 Å². The zero-order valence-corrected chi connectivity index (χ0v) is 12.1. The highest BCUT2D eigenvalue weighted by atomic mass is 19.2. The zero-order chi connectivity index (χ0) is 18.6. The number of methoxy groups -OCH3 is 2. The molecule has 0 unspecified atom stereocenters. The number of rotatable bonds is 5. The molecule has 0 bridgehead atoms. The average molecular weight is 351 g/mol. The minimum atomic E-state index is -2.24. The molecule has 0 aliphatic rings. The molecule has 0 aliphatic heterocycles. The van der Waals surface area contributed by atoms with Crippen molar-refractivity contribution in [1.29, 1.82) is 0 Å². The Morgan fingerprint density at radius 1 is 0.958 bits per heavy atom. The van der Waals surface area contributed by atoms with E-state index in [9.17, 15) is 31.9 Å². The van der Waals surface area contributed by atoms with E-state index < -0.39 is 58.1 Å². The average Bonchev–Trinajstić information content (AvgIpc) is 2.54. The minimum absolute atomic E-state index is 0.408. The number of nitrogens with one attached hydrogen (secondary N) is 1. The molecule has 0 aliphatic carbocycles. The third kappa shape index (κ3) is 3.62. The highest BCUT2D eigenvalue weighted by Gasteiger charge is 2.30. The molecule has 0 saturated heterocycles. The lowest BCUT2D eigenvalue weighted by molar-refractivity contribution is -0.138. The van der Waals surface area contributed by atoms with Crippen LogP contribution in [-0.2, 0) is 19.1 Å². The summed E-state index contributed by atoms with van der Waals surface area (Å²) in [5.74, 6) is -13.4. The Balaban J connectivity index is 3.51. The second-order valence-corrected chi connectivity index (χ2v) is 4.01. The number of hydrogen-bond acceptors (Lipinski definition) is 6. The van der Waals surface area contributed by atoms with E-state index >= 15 is 0 Å². The van der Waals surface area contributed by atoms with E-state index in [1.807, 2.05) is 0 Å². The molecule has 130 valence electrons. The second-order valence-electron chi connectivity index (χ2n) is 4.01. The molecule has 1 aromatic rings. The molecule has 7 nitrogen and oxygen atoms in total. The maximum Gasteiger partial charge on any atom is 0.354 e. The lowest BCUT2D eigenvalue weighted by Crippen LogP contribution is -2.19. The van der Waals surface area contributed by atoms with Crippen molar-refractivity contribution < 1.29 is 46.5 Å². The molecular formula is C13H9F4NO6. The number of aromatic carboxylic acids is 1. The van der Waals surface area contributed by atoms with Crippen molar-refractivity contribution in [3.63, 3.8) is 0 Å². The van der Waals surface area contributed by atoms with Gasteiger partial charge in [-0.15, -0.1) is 0 Å². The largest absolute Gasteiger partial charge is 0.477 e. The zero-order valence-electron chi connectivity index (χ0n) is 12.1. The van der Waals surface area contributed by atoms with Gasteiger partial charge in [0.15, 0.2) is 23.3 Å². The summed E-state index contributed by atoms with van der Waals surface area (Å²) in [4.78, 5) is 33.2. The van der Waals surface area contributed by atoms with Crippen molar-refractivity contribution in [2.24, 2.45) is 0 Å². The first kappa shape index (κ1) is 18.9. The molecular weight excluding hydrogens is 342 g/mol. The molecule has 0 fully saturated rings. The Labute approximate surface area is 131 Å². The van der Waals surface area contributed by atoms with Gasteiger partial charge in [0.2, 0.25) is 0 Å². The number of carbonyl (C=O) groups excluding carboxylic acids is 2. The van der Waals surface area contributed by atoms with Gasteiger partial charge in [-0.1, -0.05) is 0 Å². The molecule has 1 rings (SSSR count). The molecule has 0 atom stereocenters. The van der Waals surface area contributed by atoms with E-state index in [0.717, 1.165) is 14.2 Å². The number of benzene rings is 1. The van der Waals surface area contributed by atoms with Crippen molar-refractivity contribution in [3.8, 4) is 0 Å². The van der Waals surface area contributed by atoms with Crippen LogP contribution in [0.25, 0.3) is 0 Å². The summed E-state index contributed by atoms with van der Waals surface area (Å²) in [7, 11) is 1.78. The van der Waals surface area contributed by atoms with Gasteiger partial charge in [-0.2, -0.15) is 0 Å². The van der Waals surface area contributed by atoms with Crippen molar-refractivity contribution in [1.82, 2.24) is 0 Å². The van der Waals surface area contributed by atoms with Crippen LogP contribution in [0.2, 0.25) is 0 Å². The lowest BCUT2D eigenvalue weighted by atomic mass is 10.1. The van der Waals surface area contributed by atoms with Gasteiger partial charge in [-0.05, 0) is 0 Å². The van der Waals surface area contributed by atoms with Crippen molar-refractivity contribution in [2.45, 2.75) is 0 Å². The van der Waals surface area contributed by atoms with E-state index in [1.165, 1.54) is 0 Å². The van der Waals surface area contributed by atoms with Gasteiger partial charge in [-0.25, -0.2) is 31.9 Å². The van der Waals surface area contributed by atoms with Crippen LogP contribution in [-0.4, -0.2) is 37.2 Å². The summed E-state index contributed by atoms with van der Waals surface area (Å²) in [6.45, 7) is 0. The maximum absolute atomic E-state index is 13.8. The summed E-state index contributed by atoms with van der Waals surface area (Å²) in [6.07, 6.45) is 0.408. The van der Waals surface area contributed by atoms with E-state index in [2.05, 4.69) is 9.47 Å². The smallest absolute Gasteiger partial charge is 0.354 e. The minimum Gasteiger partial charge on any atom is -0.477 e. The SMILES string of the molecule is COC(=O)/C=C(/Nc1c(F)c(F)c(C(=O)O)c(F)c1F)C(=O)OC. The predicted molar refractivity (Wildman–Crippen MR) is 69.0 cm³/mol. The van der Waals surface area contributed by atoms with Gasteiger partial charge < -0.3 is 19.9 Å². The topological polar surface area (TPSA) is 102 Å². The molecule has 0 radical (unpaired) electrons. The lowest BCUT2D eigenvalue weighted by Gasteiger charge is -2.13. The molecule has 0 saturated carbocycles. The summed E-state index contributed by atoms with van der Waals surface area (Å²) < 4.78 is 63.2. The van der Waals surface area contributed by atoms with Crippen LogP contribution in [0.15, 0.2) is 11.8 Å². The Hall–Kier alpha value is -3.11. The predicted octanol–water partition coefficient (Wildman–Crippen LogP) is 1.58. The fourth-order valence-electron chi connectivity index (χ4n) is 1.50. The van der Waals surface area contributed by atoms with Crippen LogP contribution in [0.4, 0.5) is 23.2 Å². The van der Waals surface area contributed by atoms with Crippen LogP contribution in [0.3, 0.4) is 0 Å². The van der Waals surface area contributed by atoms with Gasteiger partial charge in [0.1, 0.15) is 16.9 Å². The monoisotopic (exact) mass is 351 g/mol. The van der Waals surface area contributed by atoms with Crippen LogP contribution >= 0.6 is 0 Å². The molecule has 0 aromatic heterocycles. The Morgan fingerprint density at radius 3 is 1.83 bits per heavy atom. The third-order valence-electron chi connectivity index (χ3n) is 2.61. The van der Waals surface area contributed by atoms with E-state index in [4.69, 9.17) is 5.11 Å². The van der Waals surface area contributed by atoms with Crippen LogP contribution < -0.4 is 5.32 Å². The molecule has 1 aromatic carbocycles. The maximum atomic E-state index is 13.8. The summed E-state index contributed by atoms with van der Waals surface area (Å²) >= 11 is 0. The first-order valence-corrected chi connectivity index (χ1v) is 5.89. The molecule has 0 heterocycles. The number of esters is 2. The molecule has 0 amide bonds. The van der Waals surface area contributed by atoms with Crippen molar-refractivity contribution in [3.05, 3.63) is 40.6 Å². The Morgan fingerprint density at radius 2 is 1.46 bits per heavy atom. The standard InChI is InChI=1S/C13H9F4NO6/c1-23-5(19)3-4(13(22)24-2)18-11-9(16)7(14)6(12(20)21)8(15)10(11)17/h3,18H,1-2H3,(H,20,21)/b4-3+. The molecule has 0 spiro atoms. The number of hydrogen-bond donors (Lipinski definition) is 2. The van der Waals surface area contributed by atoms with Gasteiger partial charge in [-0.3, -0.25) is 0 Å². The normalized spacial score (nSPS) is 11.0. The first-order valence-electron chi connectivity index (χ1n) is 5.89. The molecule has 11 heteroatoms. The highest BCUT2D eigenvalue weighted by molar-refractivity contribution is 5.99. The fourth-order valence-corrected chi connectivity index (χ4v) is 1.50. The Kier molecular flexibility index (Phi) is 5.87. The van der Waals surface area contributed by atoms with Gasteiger partial charge >= 0.3 is 17.9 Å².